The Bertz CT molecular complexity index is 1290. The minimum absolute atomic E-state index is 0.0336. The van der Waals surface area contributed by atoms with Gasteiger partial charge in [-0.1, -0.05) is 60.5 Å². The van der Waals surface area contributed by atoms with Crippen molar-refractivity contribution in [2.75, 3.05) is 6.54 Å². The van der Waals surface area contributed by atoms with Crippen LogP contribution in [0.5, 0.6) is 0 Å². The van der Waals surface area contributed by atoms with Crippen LogP contribution in [0, 0.1) is 11.3 Å². The first-order chi connectivity index (χ1) is 18.2. The number of carbonyl (C=O) groups is 1. The summed E-state index contributed by atoms with van der Waals surface area (Å²) in [5.41, 5.74) is 1.44. The standard InChI is InChI=1S/C30H36Cl2N2O3S/c1-3-16-30(4-2)18-26(22-6-5-7-24(32)17-22)28(21-10-12-23(31)13-11-21)34(29(30)35)27(20-8-9-20)19-33-38(36,37)25-14-15-25/h3,5-7,10-13,17,20,25-28,33H,1,4,8-9,14-16,18-19H2,2H3/t26-,27-,28?,30+/m1/s1. The number of allylic oxidation sites excluding steroid dienone is 1. The number of piperidine rings is 1. The number of carbonyl (C=O) groups excluding carboxylic acids is 1. The number of halogens is 2. The van der Waals surface area contributed by atoms with E-state index in [0.717, 1.165) is 24.0 Å². The molecule has 1 saturated heterocycles. The predicted octanol–water partition coefficient (Wildman–Crippen LogP) is 6.88. The average Bonchev–Trinajstić information content (AvgIpc) is 3.80. The zero-order valence-corrected chi connectivity index (χ0v) is 24.1. The summed E-state index contributed by atoms with van der Waals surface area (Å²) in [4.78, 5) is 16.7. The van der Waals surface area contributed by atoms with E-state index in [0.29, 0.717) is 42.1 Å². The third kappa shape index (κ3) is 5.56. The number of benzene rings is 2. The topological polar surface area (TPSA) is 66.5 Å². The highest BCUT2D eigenvalue weighted by molar-refractivity contribution is 7.90. The molecule has 8 heteroatoms. The van der Waals surface area contributed by atoms with E-state index in [-0.39, 0.29) is 41.6 Å². The SMILES string of the molecule is C=CC[C@@]1(CC)C[C@H](c2cccc(Cl)c2)C(c2ccc(Cl)cc2)N([C@H](CNS(=O)(=O)C2CC2)C2CC2)C1=O. The fourth-order valence-electron chi connectivity index (χ4n) is 6.22. The molecule has 2 aromatic carbocycles. The molecule has 204 valence electrons. The number of hydrogen-bond acceptors (Lipinski definition) is 3. The first-order valence-corrected chi connectivity index (χ1v) is 15.9. The van der Waals surface area contributed by atoms with E-state index in [1.54, 1.807) is 0 Å². The van der Waals surface area contributed by atoms with Crippen LogP contribution in [0.15, 0.2) is 61.2 Å². The van der Waals surface area contributed by atoms with Gasteiger partial charge >= 0.3 is 0 Å². The molecule has 2 saturated carbocycles. The molecular weight excluding hydrogens is 539 g/mol. The third-order valence-electron chi connectivity index (χ3n) is 8.66. The van der Waals surface area contributed by atoms with Crippen molar-refractivity contribution in [1.29, 1.82) is 0 Å². The molecule has 5 rings (SSSR count). The summed E-state index contributed by atoms with van der Waals surface area (Å²) < 4.78 is 28.6. The van der Waals surface area contributed by atoms with E-state index < -0.39 is 15.4 Å². The molecule has 38 heavy (non-hydrogen) atoms. The van der Waals surface area contributed by atoms with Crippen LogP contribution in [-0.2, 0) is 14.8 Å². The number of hydrogen-bond donors (Lipinski definition) is 1. The number of rotatable bonds is 11. The number of nitrogens with one attached hydrogen (secondary N) is 1. The van der Waals surface area contributed by atoms with Crippen molar-refractivity contribution in [3.63, 3.8) is 0 Å². The maximum atomic E-state index is 14.7. The van der Waals surface area contributed by atoms with Crippen LogP contribution in [0.4, 0.5) is 0 Å². The Balaban J connectivity index is 1.64. The molecule has 3 fully saturated rings. The second-order valence-corrected chi connectivity index (χ2v) is 14.1. The van der Waals surface area contributed by atoms with Gasteiger partial charge in [-0.15, -0.1) is 6.58 Å². The van der Waals surface area contributed by atoms with Crippen LogP contribution in [0.1, 0.15) is 75.0 Å². The van der Waals surface area contributed by atoms with E-state index in [4.69, 9.17) is 23.2 Å². The van der Waals surface area contributed by atoms with Crippen molar-refractivity contribution in [3.05, 3.63) is 82.4 Å². The molecule has 0 aromatic heterocycles. The normalized spacial score (nSPS) is 26.8. The number of amides is 1. The number of sulfonamides is 1. The van der Waals surface area contributed by atoms with Crippen LogP contribution in [0.2, 0.25) is 10.0 Å². The Labute approximate surface area is 236 Å². The van der Waals surface area contributed by atoms with Crippen LogP contribution < -0.4 is 4.72 Å². The Kier molecular flexibility index (Phi) is 7.99. The van der Waals surface area contributed by atoms with Gasteiger partial charge in [0.1, 0.15) is 0 Å². The molecule has 1 amide bonds. The van der Waals surface area contributed by atoms with Gasteiger partial charge in [0, 0.05) is 28.5 Å². The van der Waals surface area contributed by atoms with Crippen molar-refractivity contribution in [1.82, 2.24) is 9.62 Å². The summed E-state index contributed by atoms with van der Waals surface area (Å²) in [7, 11) is -3.39. The molecule has 2 aromatic rings. The second kappa shape index (κ2) is 11.0. The molecule has 3 aliphatic rings. The minimum atomic E-state index is -3.39. The molecule has 1 N–H and O–H groups in total. The van der Waals surface area contributed by atoms with Gasteiger partial charge in [0.15, 0.2) is 0 Å². The minimum Gasteiger partial charge on any atom is -0.330 e. The monoisotopic (exact) mass is 574 g/mol. The van der Waals surface area contributed by atoms with Crippen molar-refractivity contribution in [3.8, 4) is 0 Å². The van der Waals surface area contributed by atoms with E-state index >= 15 is 0 Å². The molecule has 2 aliphatic carbocycles. The van der Waals surface area contributed by atoms with E-state index in [1.165, 1.54) is 0 Å². The fraction of sp³-hybridized carbons (Fsp3) is 0.500. The van der Waals surface area contributed by atoms with E-state index in [9.17, 15) is 13.2 Å². The lowest BCUT2D eigenvalue weighted by Gasteiger charge is -2.53. The smallest absolute Gasteiger partial charge is 0.229 e. The van der Waals surface area contributed by atoms with Gasteiger partial charge in [0.25, 0.3) is 0 Å². The highest BCUT2D eigenvalue weighted by Crippen LogP contribution is 2.55. The highest BCUT2D eigenvalue weighted by Gasteiger charge is 2.54. The number of likely N-dealkylation sites (tertiary alicyclic amines) is 1. The van der Waals surface area contributed by atoms with Gasteiger partial charge in [0.2, 0.25) is 15.9 Å². The number of nitrogens with zero attached hydrogens (tertiary/aromatic N) is 1. The lowest BCUT2D eigenvalue weighted by molar-refractivity contribution is -0.156. The molecular formula is C30H36Cl2N2O3S. The van der Waals surface area contributed by atoms with Gasteiger partial charge in [-0.05, 0) is 86.3 Å². The van der Waals surface area contributed by atoms with Crippen LogP contribution in [-0.4, -0.2) is 37.1 Å². The molecule has 1 aliphatic heterocycles. The first kappa shape index (κ1) is 27.7. The molecule has 0 spiro atoms. The molecule has 4 atom stereocenters. The zero-order valence-electron chi connectivity index (χ0n) is 21.8. The molecule has 0 bridgehead atoms. The molecule has 1 unspecified atom stereocenters. The summed E-state index contributed by atoms with van der Waals surface area (Å²) in [5, 5.41) is 0.982. The highest BCUT2D eigenvalue weighted by atomic mass is 35.5. The summed E-state index contributed by atoms with van der Waals surface area (Å²) in [6.07, 6.45) is 7.11. The summed E-state index contributed by atoms with van der Waals surface area (Å²) in [5.74, 6) is 0.307. The van der Waals surface area contributed by atoms with Gasteiger partial charge in [-0.3, -0.25) is 4.79 Å². The van der Waals surface area contributed by atoms with E-state index in [1.807, 2.05) is 53.4 Å². The van der Waals surface area contributed by atoms with Crippen LogP contribution in [0.25, 0.3) is 0 Å². The maximum Gasteiger partial charge on any atom is 0.229 e. The Morgan fingerprint density at radius 3 is 2.37 bits per heavy atom. The van der Waals surface area contributed by atoms with E-state index in [2.05, 4.69) is 24.3 Å². The van der Waals surface area contributed by atoms with Crippen LogP contribution >= 0.6 is 23.2 Å². The largest absolute Gasteiger partial charge is 0.330 e. The zero-order chi connectivity index (χ0) is 27.1. The van der Waals surface area contributed by atoms with Gasteiger partial charge in [-0.2, -0.15) is 0 Å². The molecule has 0 radical (unpaired) electrons. The van der Waals surface area contributed by atoms with Crippen molar-refractivity contribution in [2.24, 2.45) is 11.3 Å². The van der Waals surface area contributed by atoms with Crippen molar-refractivity contribution < 1.29 is 13.2 Å². The Morgan fingerprint density at radius 2 is 1.79 bits per heavy atom. The Hall–Kier alpha value is -1.86. The van der Waals surface area contributed by atoms with Crippen molar-refractivity contribution >= 4 is 39.1 Å². The van der Waals surface area contributed by atoms with Gasteiger partial charge < -0.3 is 4.90 Å². The quantitative estimate of drug-likeness (QED) is 0.297. The Morgan fingerprint density at radius 1 is 1.08 bits per heavy atom. The predicted molar refractivity (Wildman–Crippen MR) is 154 cm³/mol. The lowest BCUT2D eigenvalue weighted by atomic mass is 9.65. The van der Waals surface area contributed by atoms with Crippen molar-refractivity contribution in [2.45, 2.75) is 75.1 Å². The first-order valence-electron chi connectivity index (χ1n) is 13.6. The maximum absolute atomic E-state index is 14.7. The van der Waals surface area contributed by atoms with Gasteiger partial charge in [-0.25, -0.2) is 13.1 Å². The average molecular weight is 576 g/mol. The van der Waals surface area contributed by atoms with Gasteiger partial charge in [0.05, 0.1) is 16.7 Å². The second-order valence-electron chi connectivity index (χ2n) is 11.2. The van der Waals surface area contributed by atoms with Crippen LogP contribution in [0.3, 0.4) is 0 Å². The summed E-state index contributed by atoms with van der Waals surface area (Å²) in [6.45, 7) is 6.30. The lowest BCUT2D eigenvalue weighted by Crippen LogP contribution is -2.59. The molecule has 5 nitrogen and oxygen atoms in total. The summed E-state index contributed by atoms with van der Waals surface area (Å²) in [6, 6.07) is 15.1. The molecule has 1 heterocycles. The fourth-order valence-corrected chi connectivity index (χ4v) is 7.94. The third-order valence-corrected chi connectivity index (χ3v) is 11.1. The summed E-state index contributed by atoms with van der Waals surface area (Å²) >= 11 is 12.7.